The van der Waals surface area contributed by atoms with Crippen molar-refractivity contribution in [2.75, 3.05) is 53.1 Å². The van der Waals surface area contributed by atoms with Crippen molar-refractivity contribution in [3.05, 3.63) is 76.3 Å². The molecular weight excluding hydrogens is 552 g/mol. The molecule has 1 aliphatic rings. The fourth-order valence-corrected chi connectivity index (χ4v) is 5.98. The van der Waals surface area contributed by atoms with Crippen molar-refractivity contribution < 1.29 is 22.6 Å². The highest BCUT2D eigenvalue weighted by molar-refractivity contribution is 7.89. The fourth-order valence-electron chi connectivity index (χ4n) is 4.37. The van der Waals surface area contributed by atoms with E-state index in [0.717, 1.165) is 44.2 Å². The van der Waals surface area contributed by atoms with Gasteiger partial charge >= 0.3 is 0 Å². The summed E-state index contributed by atoms with van der Waals surface area (Å²) in [7, 11) is -2.06. The molecule has 0 atom stereocenters. The number of sulfonamides is 1. The number of nitrogens with one attached hydrogen (secondary N) is 1. The van der Waals surface area contributed by atoms with Gasteiger partial charge in [0.25, 0.3) is 0 Å². The van der Waals surface area contributed by atoms with Crippen LogP contribution in [0.4, 0.5) is 0 Å². The summed E-state index contributed by atoms with van der Waals surface area (Å²) < 4.78 is 45.7. The Hall–Kier alpha value is -2.76. The van der Waals surface area contributed by atoms with Gasteiger partial charge in [-0.05, 0) is 35.7 Å². The highest BCUT2D eigenvalue weighted by Crippen LogP contribution is 2.27. The summed E-state index contributed by atoms with van der Waals surface area (Å²) in [6, 6.07) is 12.6. The Kier molecular flexibility index (Phi) is 10.7. The van der Waals surface area contributed by atoms with E-state index in [0.29, 0.717) is 47.4 Å². The van der Waals surface area contributed by atoms with Gasteiger partial charge in [-0.25, -0.2) is 23.1 Å². The minimum absolute atomic E-state index is 0.187. The molecule has 0 bridgehead atoms. The molecule has 0 aliphatic carbocycles. The van der Waals surface area contributed by atoms with Crippen molar-refractivity contribution in [2.45, 2.75) is 31.6 Å². The SMILES string of the molecule is COc1ccc(OCCN2CCOCC2)cc1Cc1ncc(Cl)c(Cc2ccccc2S(=O)(=O)NCC(C)C)n1. The molecule has 0 amide bonds. The predicted octanol–water partition coefficient (Wildman–Crippen LogP) is 3.97. The lowest BCUT2D eigenvalue weighted by Gasteiger charge is -2.26. The van der Waals surface area contributed by atoms with Crippen LogP contribution in [0.25, 0.3) is 0 Å². The zero-order valence-corrected chi connectivity index (χ0v) is 24.8. The summed E-state index contributed by atoms with van der Waals surface area (Å²) in [6.07, 6.45) is 2.20. The summed E-state index contributed by atoms with van der Waals surface area (Å²) >= 11 is 6.48. The van der Waals surface area contributed by atoms with Crippen molar-refractivity contribution in [3.8, 4) is 11.5 Å². The standard InChI is InChI=1S/C29H37ClN4O5S/c1-21(2)19-32-40(35,36)28-7-5-4-6-22(28)17-26-25(30)20-31-29(33-26)18-23-16-24(8-9-27(23)37-3)39-15-12-34-10-13-38-14-11-34/h4-9,16,20-21,32H,10-15,17-19H2,1-3H3. The molecule has 1 aliphatic heterocycles. The number of methoxy groups -OCH3 is 1. The molecule has 3 aromatic rings. The van der Waals surface area contributed by atoms with Gasteiger partial charge in [0.15, 0.2) is 0 Å². The Labute approximate surface area is 241 Å². The van der Waals surface area contributed by atoms with E-state index in [9.17, 15) is 8.42 Å². The number of benzene rings is 2. The number of hydrogen-bond donors (Lipinski definition) is 1. The van der Waals surface area contributed by atoms with Gasteiger partial charge < -0.3 is 14.2 Å². The molecule has 2 heterocycles. The number of rotatable bonds is 13. The van der Waals surface area contributed by atoms with Crippen molar-refractivity contribution >= 4 is 21.6 Å². The molecule has 40 heavy (non-hydrogen) atoms. The first-order chi connectivity index (χ1) is 19.2. The maximum atomic E-state index is 13.0. The average molecular weight is 589 g/mol. The number of nitrogens with zero attached hydrogens (tertiary/aromatic N) is 3. The summed E-state index contributed by atoms with van der Waals surface area (Å²) in [6.45, 7) is 9.01. The van der Waals surface area contributed by atoms with Gasteiger partial charge in [-0.2, -0.15) is 0 Å². The fraction of sp³-hybridized carbons (Fsp3) is 0.448. The number of hydrogen-bond acceptors (Lipinski definition) is 8. The Morgan fingerprint density at radius 1 is 1.10 bits per heavy atom. The summed E-state index contributed by atoms with van der Waals surface area (Å²) in [5.74, 6) is 2.17. The van der Waals surface area contributed by atoms with Gasteiger partial charge in [0, 0.05) is 50.8 Å². The summed E-state index contributed by atoms with van der Waals surface area (Å²) in [5, 5.41) is 0.373. The summed E-state index contributed by atoms with van der Waals surface area (Å²) in [5.41, 5.74) is 2.04. The van der Waals surface area contributed by atoms with Crippen LogP contribution in [0.5, 0.6) is 11.5 Å². The number of morpholine rings is 1. The van der Waals surface area contributed by atoms with Crippen LogP contribution in [0.3, 0.4) is 0 Å². The minimum Gasteiger partial charge on any atom is -0.496 e. The Morgan fingerprint density at radius 3 is 2.62 bits per heavy atom. The Morgan fingerprint density at radius 2 is 1.88 bits per heavy atom. The first-order valence-electron chi connectivity index (χ1n) is 13.4. The topological polar surface area (TPSA) is 103 Å². The lowest BCUT2D eigenvalue weighted by atomic mass is 10.1. The average Bonchev–Trinajstić information content (AvgIpc) is 2.95. The molecule has 216 valence electrons. The van der Waals surface area contributed by atoms with Crippen LogP contribution in [0.15, 0.2) is 53.6 Å². The lowest BCUT2D eigenvalue weighted by Crippen LogP contribution is -2.38. The van der Waals surface area contributed by atoms with Gasteiger partial charge in [-0.15, -0.1) is 0 Å². The number of aromatic nitrogens is 2. The third-order valence-corrected chi connectivity index (χ3v) is 8.39. The molecule has 0 spiro atoms. The van der Waals surface area contributed by atoms with Crippen molar-refractivity contribution in [1.82, 2.24) is 19.6 Å². The molecule has 1 fully saturated rings. The van der Waals surface area contributed by atoms with Crippen LogP contribution >= 0.6 is 11.6 Å². The molecular formula is C29H37ClN4O5S. The van der Waals surface area contributed by atoms with Crippen molar-refractivity contribution in [1.29, 1.82) is 0 Å². The number of ether oxygens (including phenoxy) is 3. The maximum absolute atomic E-state index is 13.0. The van der Waals surface area contributed by atoms with Crippen LogP contribution in [0, 0.1) is 5.92 Å². The van der Waals surface area contributed by atoms with E-state index >= 15 is 0 Å². The van der Waals surface area contributed by atoms with Crippen molar-refractivity contribution in [2.24, 2.45) is 5.92 Å². The van der Waals surface area contributed by atoms with Gasteiger partial charge in [0.05, 0.1) is 35.9 Å². The third kappa shape index (κ3) is 8.37. The monoisotopic (exact) mass is 588 g/mol. The molecule has 0 unspecified atom stereocenters. The van der Waals surface area contributed by atoms with Crippen LogP contribution < -0.4 is 14.2 Å². The maximum Gasteiger partial charge on any atom is 0.240 e. The molecule has 1 aromatic heterocycles. The predicted molar refractivity (Wildman–Crippen MR) is 155 cm³/mol. The van der Waals surface area contributed by atoms with E-state index in [2.05, 4.69) is 14.6 Å². The third-order valence-electron chi connectivity index (χ3n) is 6.55. The molecule has 9 nitrogen and oxygen atoms in total. The zero-order valence-electron chi connectivity index (χ0n) is 23.2. The second kappa shape index (κ2) is 14.2. The van der Waals surface area contributed by atoms with E-state index in [-0.39, 0.29) is 17.2 Å². The first-order valence-corrected chi connectivity index (χ1v) is 15.3. The van der Waals surface area contributed by atoms with Gasteiger partial charge in [-0.3, -0.25) is 4.90 Å². The Bertz CT molecular complexity index is 1380. The molecule has 0 radical (unpaired) electrons. The molecule has 11 heteroatoms. The van der Waals surface area contributed by atoms with Crippen LogP contribution in [0.1, 0.15) is 36.5 Å². The van der Waals surface area contributed by atoms with Gasteiger partial charge in [0.1, 0.15) is 23.9 Å². The van der Waals surface area contributed by atoms with Crippen LogP contribution in [-0.4, -0.2) is 76.4 Å². The van der Waals surface area contributed by atoms with E-state index in [1.807, 2.05) is 38.1 Å². The van der Waals surface area contributed by atoms with Gasteiger partial charge in [-0.1, -0.05) is 43.6 Å². The largest absolute Gasteiger partial charge is 0.496 e. The summed E-state index contributed by atoms with van der Waals surface area (Å²) in [4.78, 5) is 11.7. The smallest absolute Gasteiger partial charge is 0.240 e. The Balaban J connectivity index is 1.50. The van der Waals surface area contributed by atoms with Gasteiger partial charge in [0.2, 0.25) is 10.0 Å². The van der Waals surface area contributed by atoms with E-state index in [1.165, 1.54) is 0 Å². The molecule has 4 rings (SSSR count). The normalized spacial score (nSPS) is 14.4. The molecule has 0 saturated carbocycles. The lowest BCUT2D eigenvalue weighted by molar-refractivity contribution is 0.0322. The quantitative estimate of drug-likeness (QED) is 0.320. The van der Waals surface area contributed by atoms with E-state index < -0.39 is 10.0 Å². The second-order valence-electron chi connectivity index (χ2n) is 10.1. The number of halogens is 1. The van der Waals surface area contributed by atoms with Crippen LogP contribution in [-0.2, 0) is 27.6 Å². The highest BCUT2D eigenvalue weighted by atomic mass is 35.5. The van der Waals surface area contributed by atoms with E-state index in [4.69, 9.17) is 30.8 Å². The van der Waals surface area contributed by atoms with Crippen LogP contribution in [0.2, 0.25) is 5.02 Å². The van der Waals surface area contributed by atoms with E-state index in [1.54, 1.807) is 31.5 Å². The molecule has 1 N–H and O–H groups in total. The second-order valence-corrected chi connectivity index (χ2v) is 12.2. The minimum atomic E-state index is -3.68. The first kappa shape index (κ1) is 30.2. The zero-order chi connectivity index (χ0) is 28.5. The van der Waals surface area contributed by atoms with Crippen molar-refractivity contribution in [3.63, 3.8) is 0 Å². The molecule has 2 aromatic carbocycles. The highest BCUT2D eigenvalue weighted by Gasteiger charge is 2.20. The molecule has 1 saturated heterocycles.